The van der Waals surface area contributed by atoms with Gasteiger partial charge in [0.1, 0.15) is 0 Å². The standard InChI is InChI=1S/C24H24F3N5O2/c1-17-15-21(29-32(17)18-7-3-2-4-8-18)23(34)31-13-11-30(12-14-31)16-22(33)28-20-10-6-5-9-19(20)24(25,26)27/h2-10,15H,11-14,16H2,1H3,(H,28,33). The zero-order chi connectivity index (χ0) is 24.3. The molecule has 1 fully saturated rings. The Kier molecular flexibility index (Phi) is 6.69. The molecule has 7 nitrogen and oxygen atoms in total. The van der Waals surface area contributed by atoms with Crippen LogP contribution in [0.5, 0.6) is 0 Å². The van der Waals surface area contributed by atoms with Gasteiger partial charge in [0.2, 0.25) is 5.91 Å². The number of hydrogen-bond donors (Lipinski definition) is 1. The number of halogens is 3. The van der Waals surface area contributed by atoms with Crippen molar-refractivity contribution in [1.29, 1.82) is 0 Å². The topological polar surface area (TPSA) is 70.5 Å². The van der Waals surface area contributed by atoms with E-state index in [0.717, 1.165) is 17.4 Å². The molecule has 0 unspecified atom stereocenters. The zero-order valence-corrected chi connectivity index (χ0v) is 18.5. The molecule has 2 heterocycles. The molecular formula is C24H24F3N5O2. The fraction of sp³-hybridized carbons (Fsp3) is 0.292. The van der Waals surface area contributed by atoms with Gasteiger partial charge in [-0.15, -0.1) is 0 Å². The van der Waals surface area contributed by atoms with Gasteiger partial charge in [-0.25, -0.2) is 4.68 Å². The second-order valence-electron chi connectivity index (χ2n) is 8.08. The summed E-state index contributed by atoms with van der Waals surface area (Å²) < 4.78 is 41.1. The van der Waals surface area contributed by atoms with E-state index in [4.69, 9.17) is 0 Å². The van der Waals surface area contributed by atoms with Crippen molar-refractivity contribution >= 4 is 17.5 Å². The Hall–Kier alpha value is -3.66. The number of anilines is 1. The summed E-state index contributed by atoms with van der Waals surface area (Å²) in [6, 6.07) is 16.1. The van der Waals surface area contributed by atoms with E-state index in [1.54, 1.807) is 15.6 Å². The normalized spacial score (nSPS) is 14.8. The Morgan fingerprint density at radius 3 is 2.29 bits per heavy atom. The van der Waals surface area contributed by atoms with E-state index in [9.17, 15) is 22.8 Å². The van der Waals surface area contributed by atoms with E-state index in [-0.39, 0.29) is 18.1 Å². The van der Waals surface area contributed by atoms with E-state index < -0.39 is 17.6 Å². The highest BCUT2D eigenvalue weighted by atomic mass is 19.4. The number of para-hydroxylation sites is 2. The highest BCUT2D eigenvalue weighted by molar-refractivity contribution is 5.93. The Bertz CT molecular complexity index is 1170. The van der Waals surface area contributed by atoms with E-state index in [2.05, 4.69) is 10.4 Å². The first-order valence-corrected chi connectivity index (χ1v) is 10.8. The summed E-state index contributed by atoms with van der Waals surface area (Å²) in [6.45, 7) is 3.46. The predicted octanol–water partition coefficient (Wildman–Crippen LogP) is 3.60. The molecule has 34 heavy (non-hydrogen) atoms. The second-order valence-corrected chi connectivity index (χ2v) is 8.08. The Morgan fingerprint density at radius 2 is 1.62 bits per heavy atom. The van der Waals surface area contributed by atoms with Crippen LogP contribution in [0.25, 0.3) is 5.69 Å². The molecule has 3 aromatic rings. The van der Waals surface area contributed by atoms with Crippen LogP contribution in [0.2, 0.25) is 0 Å². The maximum atomic E-state index is 13.1. The largest absolute Gasteiger partial charge is 0.418 e. The number of nitrogens with zero attached hydrogens (tertiary/aromatic N) is 4. The molecule has 178 valence electrons. The van der Waals surface area contributed by atoms with Crippen LogP contribution in [-0.2, 0) is 11.0 Å². The number of carbonyl (C=O) groups is 2. The van der Waals surface area contributed by atoms with Gasteiger partial charge >= 0.3 is 6.18 Å². The molecule has 0 saturated carbocycles. The molecular weight excluding hydrogens is 447 g/mol. The van der Waals surface area contributed by atoms with Gasteiger partial charge in [0.05, 0.1) is 23.5 Å². The lowest BCUT2D eigenvalue weighted by Crippen LogP contribution is -2.50. The van der Waals surface area contributed by atoms with Crippen molar-refractivity contribution < 1.29 is 22.8 Å². The van der Waals surface area contributed by atoms with Gasteiger partial charge in [0, 0.05) is 31.9 Å². The Balaban J connectivity index is 1.33. The van der Waals surface area contributed by atoms with Crippen LogP contribution >= 0.6 is 0 Å². The average molecular weight is 471 g/mol. The molecule has 0 spiro atoms. The number of alkyl halides is 3. The van der Waals surface area contributed by atoms with Crippen LogP contribution in [-0.4, -0.2) is 64.1 Å². The van der Waals surface area contributed by atoms with Crippen LogP contribution in [0.4, 0.5) is 18.9 Å². The van der Waals surface area contributed by atoms with Crippen LogP contribution < -0.4 is 5.32 Å². The quantitative estimate of drug-likeness (QED) is 0.618. The number of carbonyl (C=O) groups excluding carboxylic acids is 2. The van der Waals surface area contributed by atoms with Gasteiger partial charge < -0.3 is 10.2 Å². The highest BCUT2D eigenvalue weighted by Gasteiger charge is 2.33. The minimum Gasteiger partial charge on any atom is -0.335 e. The van der Waals surface area contributed by atoms with Crippen LogP contribution in [0.15, 0.2) is 60.7 Å². The van der Waals surface area contributed by atoms with Crippen molar-refractivity contribution in [3.05, 3.63) is 77.6 Å². The average Bonchev–Trinajstić information content (AvgIpc) is 3.21. The fourth-order valence-corrected chi connectivity index (χ4v) is 3.91. The number of amides is 2. The lowest BCUT2D eigenvalue weighted by atomic mass is 10.1. The molecule has 0 bridgehead atoms. The first kappa shape index (κ1) is 23.5. The van der Waals surface area contributed by atoms with Gasteiger partial charge in [0.15, 0.2) is 5.69 Å². The number of nitrogens with one attached hydrogen (secondary N) is 1. The SMILES string of the molecule is Cc1cc(C(=O)N2CCN(CC(=O)Nc3ccccc3C(F)(F)F)CC2)nn1-c1ccccc1. The predicted molar refractivity (Wildman–Crippen MR) is 121 cm³/mol. The van der Waals surface area contributed by atoms with Gasteiger partial charge in [-0.2, -0.15) is 18.3 Å². The molecule has 0 radical (unpaired) electrons. The molecule has 0 atom stereocenters. The third-order valence-electron chi connectivity index (χ3n) is 5.64. The molecule has 0 aliphatic carbocycles. The molecule has 2 aromatic carbocycles. The molecule has 1 saturated heterocycles. The first-order chi connectivity index (χ1) is 16.2. The lowest BCUT2D eigenvalue weighted by molar-refractivity contribution is -0.137. The second kappa shape index (κ2) is 9.68. The van der Waals surface area contributed by atoms with Gasteiger partial charge in [-0.1, -0.05) is 30.3 Å². The zero-order valence-electron chi connectivity index (χ0n) is 18.5. The van der Waals surface area contributed by atoms with Crippen molar-refractivity contribution in [1.82, 2.24) is 19.6 Å². The van der Waals surface area contributed by atoms with Crippen molar-refractivity contribution in [3.8, 4) is 5.69 Å². The van der Waals surface area contributed by atoms with E-state index >= 15 is 0 Å². The third-order valence-corrected chi connectivity index (χ3v) is 5.64. The minimum absolute atomic E-state index is 0.0596. The van der Waals surface area contributed by atoms with Crippen LogP contribution in [0, 0.1) is 6.92 Å². The molecule has 1 aliphatic rings. The molecule has 4 rings (SSSR count). The monoisotopic (exact) mass is 471 g/mol. The summed E-state index contributed by atoms with van der Waals surface area (Å²) in [5.74, 6) is -0.727. The van der Waals surface area contributed by atoms with Crippen molar-refractivity contribution in [2.24, 2.45) is 0 Å². The lowest BCUT2D eigenvalue weighted by Gasteiger charge is -2.34. The Morgan fingerprint density at radius 1 is 0.971 bits per heavy atom. The molecule has 1 aromatic heterocycles. The van der Waals surface area contributed by atoms with Gasteiger partial charge in [-0.05, 0) is 37.3 Å². The van der Waals surface area contributed by atoms with Crippen molar-refractivity contribution in [2.45, 2.75) is 13.1 Å². The summed E-state index contributed by atoms with van der Waals surface area (Å²) in [4.78, 5) is 28.8. The van der Waals surface area contributed by atoms with Crippen LogP contribution in [0.3, 0.4) is 0 Å². The summed E-state index contributed by atoms with van der Waals surface area (Å²) in [5.41, 5.74) is 0.893. The number of aromatic nitrogens is 2. The maximum absolute atomic E-state index is 13.1. The number of aryl methyl sites for hydroxylation is 1. The maximum Gasteiger partial charge on any atom is 0.418 e. The number of rotatable bonds is 5. The molecule has 10 heteroatoms. The molecule has 1 aliphatic heterocycles. The van der Waals surface area contributed by atoms with Gasteiger partial charge in [0.25, 0.3) is 5.91 Å². The van der Waals surface area contributed by atoms with E-state index in [0.29, 0.717) is 31.9 Å². The van der Waals surface area contributed by atoms with E-state index in [1.807, 2.05) is 42.2 Å². The smallest absolute Gasteiger partial charge is 0.335 e. The van der Waals surface area contributed by atoms with Crippen LogP contribution in [0.1, 0.15) is 21.7 Å². The number of benzene rings is 2. The summed E-state index contributed by atoms with van der Waals surface area (Å²) >= 11 is 0. The van der Waals surface area contributed by atoms with Crippen molar-refractivity contribution in [2.75, 3.05) is 38.0 Å². The summed E-state index contributed by atoms with van der Waals surface area (Å²) in [7, 11) is 0. The number of hydrogen-bond acceptors (Lipinski definition) is 4. The molecule has 2 amide bonds. The summed E-state index contributed by atoms with van der Waals surface area (Å²) in [5, 5.41) is 6.81. The fourth-order valence-electron chi connectivity index (χ4n) is 3.91. The number of piperazine rings is 1. The van der Waals surface area contributed by atoms with E-state index in [1.165, 1.54) is 18.2 Å². The van der Waals surface area contributed by atoms with Gasteiger partial charge in [-0.3, -0.25) is 14.5 Å². The highest BCUT2D eigenvalue weighted by Crippen LogP contribution is 2.34. The third kappa shape index (κ3) is 5.28. The molecule has 1 N–H and O–H groups in total. The first-order valence-electron chi connectivity index (χ1n) is 10.8. The Labute approximate surface area is 194 Å². The minimum atomic E-state index is -4.55. The van der Waals surface area contributed by atoms with Crippen molar-refractivity contribution in [3.63, 3.8) is 0 Å². The summed E-state index contributed by atoms with van der Waals surface area (Å²) in [6.07, 6.45) is -4.55.